The number of carboxylic acids is 1. The number of carbonyl (C=O) groups is 2. The van der Waals surface area contributed by atoms with E-state index in [2.05, 4.69) is 0 Å². The van der Waals surface area contributed by atoms with Gasteiger partial charge in [-0.3, -0.25) is 9.59 Å². The Hall–Kier alpha value is -0.750. The van der Waals surface area contributed by atoms with Crippen LogP contribution >= 0.6 is 11.8 Å². The van der Waals surface area contributed by atoms with Gasteiger partial charge >= 0.3 is 5.97 Å². The molecule has 0 bridgehead atoms. The van der Waals surface area contributed by atoms with Crippen LogP contribution in [0.5, 0.6) is 0 Å². The molecule has 1 aliphatic rings. The average molecular weight is 261 g/mol. The van der Waals surface area contributed by atoms with Crippen LogP contribution in [-0.2, 0) is 14.3 Å². The SMILES string of the molecule is CC(C)OCC(=O)N1CCSCC1CC(=O)O. The van der Waals surface area contributed by atoms with Gasteiger partial charge in [-0.25, -0.2) is 0 Å². The van der Waals surface area contributed by atoms with Gasteiger partial charge < -0.3 is 14.7 Å². The van der Waals surface area contributed by atoms with Crippen molar-refractivity contribution in [3.05, 3.63) is 0 Å². The van der Waals surface area contributed by atoms with Crippen LogP contribution in [0.25, 0.3) is 0 Å². The Morgan fingerprint density at radius 1 is 1.53 bits per heavy atom. The standard InChI is InChI=1S/C11H19NO4S/c1-8(2)16-6-10(13)12-3-4-17-7-9(12)5-11(14)15/h8-9H,3-7H2,1-2H3,(H,14,15). The highest BCUT2D eigenvalue weighted by Gasteiger charge is 2.28. The van der Waals surface area contributed by atoms with Gasteiger partial charge in [0.25, 0.3) is 0 Å². The van der Waals surface area contributed by atoms with E-state index in [1.807, 2.05) is 13.8 Å². The summed E-state index contributed by atoms with van der Waals surface area (Å²) in [7, 11) is 0. The summed E-state index contributed by atoms with van der Waals surface area (Å²) in [6, 6.07) is -0.200. The van der Waals surface area contributed by atoms with Crippen LogP contribution < -0.4 is 0 Å². The van der Waals surface area contributed by atoms with Crippen LogP contribution in [0.4, 0.5) is 0 Å². The molecule has 0 aromatic carbocycles. The Kier molecular flexibility index (Phi) is 5.77. The molecule has 0 aromatic rings. The molecule has 0 aromatic heterocycles. The second-order valence-corrected chi connectivity index (χ2v) is 5.42. The van der Waals surface area contributed by atoms with Crippen molar-refractivity contribution in [1.82, 2.24) is 4.90 Å². The first-order chi connectivity index (χ1) is 8.00. The smallest absolute Gasteiger partial charge is 0.305 e. The minimum Gasteiger partial charge on any atom is -0.481 e. The molecule has 1 amide bonds. The first kappa shape index (κ1) is 14.3. The van der Waals surface area contributed by atoms with Gasteiger partial charge in [-0.15, -0.1) is 0 Å². The minimum absolute atomic E-state index is 0.0102. The molecule has 1 saturated heterocycles. The molecule has 1 atom stereocenters. The monoisotopic (exact) mass is 261 g/mol. The van der Waals surface area contributed by atoms with E-state index in [1.165, 1.54) is 0 Å². The average Bonchev–Trinajstić information content (AvgIpc) is 2.25. The maximum Gasteiger partial charge on any atom is 0.305 e. The van der Waals surface area contributed by atoms with E-state index in [1.54, 1.807) is 16.7 Å². The molecule has 1 rings (SSSR count). The Labute approximate surface area is 105 Å². The van der Waals surface area contributed by atoms with Crippen LogP contribution in [0, 0.1) is 0 Å². The predicted molar refractivity (Wildman–Crippen MR) is 66.2 cm³/mol. The van der Waals surface area contributed by atoms with Gasteiger partial charge in [-0.2, -0.15) is 11.8 Å². The third kappa shape index (κ3) is 4.95. The normalized spacial score (nSPS) is 20.6. The number of ether oxygens (including phenoxy) is 1. The summed E-state index contributed by atoms with van der Waals surface area (Å²) < 4.78 is 5.26. The van der Waals surface area contributed by atoms with Crippen molar-refractivity contribution in [2.45, 2.75) is 32.4 Å². The van der Waals surface area contributed by atoms with Crippen molar-refractivity contribution in [1.29, 1.82) is 0 Å². The van der Waals surface area contributed by atoms with Crippen LogP contribution in [-0.4, -0.2) is 58.7 Å². The quantitative estimate of drug-likeness (QED) is 0.794. The van der Waals surface area contributed by atoms with Gasteiger partial charge in [-0.05, 0) is 13.8 Å². The highest BCUT2D eigenvalue weighted by atomic mass is 32.2. The maximum absolute atomic E-state index is 11.9. The van der Waals surface area contributed by atoms with Gasteiger partial charge in [0.15, 0.2) is 0 Å². The zero-order valence-electron chi connectivity index (χ0n) is 10.2. The number of thioether (sulfide) groups is 1. The number of nitrogens with zero attached hydrogens (tertiary/aromatic N) is 1. The van der Waals surface area contributed by atoms with Crippen molar-refractivity contribution >= 4 is 23.6 Å². The first-order valence-electron chi connectivity index (χ1n) is 5.71. The van der Waals surface area contributed by atoms with E-state index in [-0.39, 0.29) is 31.1 Å². The van der Waals surface area contributed by atoms with Crippen molar-refractivity contribution in [2.24, 2.45) is 0 Å². The van der Waals surface area contributed by atoms with Crippen LogP contribution in [0.15, 0.2) is 0 Å². The predicted octanol–water partition coefficient (Wildman–Crippen LogP) is 0.830. The lowest BCUT2D eigenvalue weighted by Gasteiger charge is -2.34. The molecule has 1 heterocycles. The summed E-state index contributed by atoms with van der Waals surface area (Å²) in [5, 5.41) is 8.80. The zero-order valence-corrected chi connectivity index (χ0v) is 11.0. The Balaban J connectivity index is 2.51. The fourth-order valence-electron chi connectivity index (χ4n) is 1.67. The third-order valence-corrected chi connectivity index (χ3v) is 3.59. The number of carboxylic acid groups (broad SMARTS) is 1. The van der Waals surface area contributed by atoms with Gasteiger partial charge in [0.1, 0.15) is 6.61 Å². The molecule has 1 aliphatic heterocycles. The number of aliphatic carboxylic acids is 1. The molecule has 98 valence electrons. The molecule has 0 spiro atoms. The molecule has 6 heteroatoms. The maximum atomic E-state index is 11.9. The van der Waals surface area contributed by atoms with Crippen molar-refractivity contribution in [2.75, 3.05) is 24.7 Å². The summed E-state index contributed by atoms with van der Waals surface area (Å²) in [6.07, 6.45) is 0.0245. The lowest BCUT2D eigenvalue weighted by Crippen LogP contribution is -2.48. The Morgan fingerprint density at radius 2 is 2.24 bits per heavy atom. The molecular formula is C11H19NO4S. The van der Waals surface area contributed by atoms with Gasteiger partial charge in [-0.1, -0.05) is 0 Å². The topological polar surface area (TPSA) is 66.8 Å². The highest BCUT2D eigenvalue weighted by molar-refractivity contribution is 7.99. The molecule has 0 radical (unpaired) electrons. The summed E-state index contributed by atoms with van der Waals surface area (Å²) in [6.45, 7) is 4.39. The van der Waals surface area contributed by atoms with Gasteiger partial charge in [0.2, 0.25) is 5.91 Å². The zero-order chi connectivity index (χ0) is 12.8. The van der Waals surface area contributed by atoms with E-state index in [0.29, 0.717) is 12.3 Å². The third-order valence-electron chi connectivity index (χ3n) is 2.50. The van der Waals surface area contributed by atoms with Crippen LogP contribution in [0.2, 0.25) is 0 Å². The highest BCUT2D eigenvalue weighted by Crippen LogP contribution is 2.19. The molecule has 5 nitrogen and oxygen atoms in total. The van der Waals surface area contributed by atoms with E-state index in [9.17, 15) is 9.59 Å². The minimum atomic E-state index is -0.861. The molecular weight excluding hydrogens is 242 g/mol. The number of hydrogen-bond donors (Lipinski definition) is 1. The second kappa shape index (κ2) is 6.86. The van der Waals surface area contributed by atoms with E-state index < -0.39 is 5.97 Å². The second-order valence-electron chi connectivity index (χ2n) is 4.27. The molecule has 17 heavy (non-hydrogen) atoms. The number of hydrogen-bond acceptors (Lipinski definition) is 4. The fraction of sp³-hybridized carbons (Fsp3) is 0.818. The molecule has 1 N–H and O–H groups in total. The number of amides is 1. The molecule has 1 unspecified atom stereocenters. The van der Waals surface area contributed by atoms with E-state index in [4.69, 9.17) is 9.84 Å². The Bertz CT molecular complexity index is 283. The van der Waals surface area contributed by atoms with Crippen molar-refractivity contribution < 1.29 is 19.4 Å². The van der Waals surface area contributed by atoms with E-state index >= 15 is 0 Å². The fourth-order valence-corrected chi connectivity index (χ4v) is 2.74. The van der Waals surface area contributed by atoms with Gasteiger partial charge in [0, 0.05) is 18.1 Å². The lowest BCUT2D eigenvalue weighted by molar-refractivity contribution is -0.143. The van der Waals surface area contributed by atoms with Crippen molar-refractivity contribution in [3.63, 3.8) is 0 Å². The van der Waals surface area contributed by atoms with Gasteiger partial charge in [0.05, 0.1) is 18.6 Å². The summed E-state index contributed by atoms with van der Waals surface area (Å²) in [5.74, 6) is 0.591. The van der Waals surface area contributed by atoms with Crippen LogP contribution in [0.3, 0.4) is 0 Å². The summed E-state index contributed by atoms with van der Waals surface area (Å²) in [4.78, 5) is 24.3. The number of rotatable bonds is 5. The number of carbonyl (C=O) groups excluding carboxylic acids is 1. The Morgan fingerprint density at radius 3 is 2.82 bits per heavy atom. The largest absolute Gasteiger partial charge is 0.481 e. The first-order valence-corrected chi connectivity index (χ1v) is 6.86. The van der Waals surface area contributed by atoms with E-state index in [0.717, 1.165) is 5.75 Å². The summed E-state index contributed by atoms with van der Waals surface area (Å²) >= 11 is 1.69. The molecule has 0 aliphatic carbocycles. The molecule has 1 fully saturated rings. The summed E-state index contributed by atoms with van der Waals surface area (Å²) in [5.41, 5.74) is 0. The van der Waals surface area contributed by atoms with Crippen LogP contribution in [0.1, 0.15) is 20.3 Å². The lowest BCUT2D eigenvalue weighted by atomic mass is 10.2. The molecule has 0 saturated carbocycles. The van der Waals surface area contributed by atoms with Crippen molar-refractivity contribution in [3.8, 4) is 0 Å².